The predicted octanol–water partition coefficient (Wildman–Crippen LogP) is 4.68. The second kappa shape index (κ2) is 7.98. The molecule has 0 amide bonds. The molecule has 0 bridgehead atoms. The molecule has 0 saturated heterocycles. The summed E-state index contributed by atoms with van der Waals surface area (Å²) in [5.74, 6) is 0.977. The summed E-state index contributed by atoms with van der Waals surface area (Å²) in [7, 11) is 0. The lowest BCUT2D eigenvalue weighted by Gasteiger charge is -2.05. The molecule has 0 fully saturated rings. The second-order valence-corrected chi connectivity index (χ2v) is 3.98. The molecular weight excluding hydrogens is 196 g/mol. The number of hydrogen-bond donors (Lipinski definition) is 0. The standard InChI is InChI=1S/C15H22O/c1-3-5-6-7-13-16-15-11-9-14(8-4-2)10-12-15/h4,8-12H,3,5-7,13H2,1-2H3/b8-4+. The van der Waals surface area contributed by atoms with Crippen LogP contribution in [0.15, 0.2) is 30.3 Å². The Morgan fingerprint density at radius 3 is 2.44 bits per heavy atom. The van der Waals surface area contributed by atoms with E-state index in [0.29, 0.717) is 0 Å². The van der Waals surface area contributed by atoms with E-state index in [9.17, 15) is 0 Å². The van der Waals surface area contributed by atoms with Crippen molar-refractivity contribution in [1.29, 1.82) is 0 Å². The van der Waals surface area contributed by atoms with Crippen molar-refractivity contribution in [2.24, 2.45) is 0 Å². The van der Waals surface area contributed by atoms with Gasteiger partial charge in [0.25, 0.3) is 0 Å². The molecule has 0 radical (unpaired) electrons. The van der Waals surface area contributed by atoms with Crippen LogP contribution in [0, 0.1) is 0 Å². The van der Waals surface area contributed by atoms with Gasteiger partial charge in [0.05, 0.1) is 6.61 Å². The highest BCUT2D eigenvalue weighted by atomic mass is 16.5. The van der Waals surface area contributed by atoms with Gasteiger partial charge in [-0.3, -0.25) is 0 Å². The first kappa shape index (κ1) is 12.8. The van der Waals surface area contributed by atoms with E-state index in [1.54, 1.807) is 0 Å². The second-order valence-electron chi connectivity index (χ2n) is 3.98. The van der Waals surface area contributed by atoms with Crippen LogP contribution in [0.2, 0.25) is 0 Å². The topological polar surface area (TPSA) is 9.23 Å². The maximum atomic E-state index is 5.66. The minimum atomic E-state index is 0.836. The molecule has 0 atom stereocenters. The Kier molecular flexibility index (Phi) is 6.39. The van der Waals surface area contributed by atoms with E-state index in [4.69, 9.17) is 4.74 Å². The number of rotatable bonds is 7. The van der Waals surface area contributed by atoms with Crippen LogP contribution in [-0.4, -0.2) is 6.61 Å². The fourth-order valence-corrected chi connectivity index (χ4v) is 1.59. The Morgan fingerprint density at radius 2 is 1.81 bits per heavy atom. The van der Waals surface area contributed by atoms with Gasteiger partial charge in [-0.05, 0) is 31.0 Å². The minimum Gasteiger partial charge on any atom is -0.494 e. The largest absolute Gasteiger partial charge is 0.494 e. The fraction of sp³-hybridized carbons (Fsp3) is 0.467. The van der Waals surface area contributed by atoms with Gasteiger partial charge < -0.3 is 4.74 Å². The first-order chi connectivity index (χ1) is 7.86. The van der Waals surface area contributed by atoms with Gasteiger partial charge in [0, 0.05) is 0 Å². The molecule has 0 aromatic heterocycles. The van der Waals surface area contributed by atoms with E-state index in [2.05, 4.69) is 25.1 Å². The zero-order valence-corrected chi connectivity index (χ0v) is 10.4. The highest BCUT2D eigenvalue weighted by Crippen LogP contribution is 2.13. The van der Waals surface area contributed by atoms with Gasteiger partial charge in [-0.15, -0.1) is 0 Å². The van der Waals surface area contributed by atoms with Crippen molar-refractivity contribution in [2.75, 3.05) is 6.61 Å². The summed E-state index contributed by atoms with van der Waals surface area (Å²) in [5, 5.41) is 0. The van der Waals surface area contributed by atoms with Crippen molar-refractivity contribution in [3.8, 4) is 5.75 Å². The zero-order valence-electron chi connectivity index (χ0n) is 10.4. The molecular formula is C15H22O. The number of hydrogen-bond acceptors (Lipinski definition) is 1. The summed E-state index contributed by atoms with van der Waals surface area (Å²) in [6.45, 7) is 5.09. The van der Waals surface area contributed by atoms with Gasteiger partial charge in [0.1, 0.15) is 5.75 Å². The molecule has 0 N–H and O–H groups in total. The average Bonchev–Trinajstić information content (AvgIpc) is 2.31. The summed E-state index contributed by atoms with van der Waals surface area (Å²) in [5.41, 5.74) is 1.22. The third-order valence-electron chi connectivity index (χ3n) is 2.51. The molecule has 0 unspecified atom stereocenters. The van der Waals surface area contributed by atoms with Crippen LogP contribution in [0.25, 0.3) is 6.08 Å². The SMILES string of the molecule is C/C=C/c1ccc(OCCCCCC)cc1. The van der Waals surface area contributed by atoms with Crippen LogP contribution in [0.1, 0.15) is 45.1 Å². The first-order valence-electron chi connectivity index (χ1n) is 6.22. The number of unbranched alkanes of at least 4 members (excludes halogenated alkanes) is 3. The molecule has 1 nitrogen and oxygen atoms in total. The lowest BCUT2D eigenvalue weighted by atomic mass is 10.2. The predicted molar refractivity (Wildman–Crippen MR) is 70.8 cm³/mol. The van der Waals surface area contributed by atoms with Crippen LogP contribution >= 0.6 is 0 Å². The van der Waals surface area contributed by atoms with Gasteiger partial charge in [-0.2, -0.15) is 0 Å². The summed E-state index contributed by atoms with van der Waals surface area (Å²) >= 11 is 0. The van der Waals surface area contributed by atoms with Crippen molar-refractivity contribution in [2.45, 2.75) is 39.5 Å². The Bertz CT molecular complexity index is 298. The maximum Gasteiger partial charge on any atom is 0.119 e. The van der Waals surface area contributed by atoms with E-state index in [0.717, 1.165) is 18.8 Å². The molecule has 0 heterocycles. The summed E-state index contributed by atoms with van der Waals surface area (Å²) in [4.78, 5) is 0. The lowest BCUT2D eigenvalue weighted by molar-refractivity contribution is 0.305. The number of ether oxygens (including phenoxy) is 1. The molecule has 0 aliphatic rings. The summed E-state index contributed by atoms with van der Waals surface area (Å²) in [6, 6.07) is 8.24. The van der Waals surface area contributed by atoms with Gasteiger partial charge in [-0.25, -0.2) is 0 Å². The van der Waals surface area contributed by atoms with Gasteiger partial charge in [0.2, 0.25) is 0 Å². The molecule has 88 valence electrons. The highest BCUT2D eigenvalue weighted by Gasteiger charge is 1.93. The monoisotopic (exact) mass is 218 g/mol. The number of benzene rings is 1. The van der Waals surface area contributed by atoms with E-state index in [-0.39, 0.29) is 0 Å². The van der Waals surface area contributed by atoms with Gasteiger partial charge in [0.15, 0.2) is 0 Å². The lowest BCUT2D eigenvalue weighted by Crippen LogP contribution is -1.96. The molecule has 0 aliphatic heterocycles. The van der Waals surface area contributed by atoms with Crippen LogP contribution in [0.3, 0.4) is 0 Å². The van der Waals surface area contributed by atoms with Crippen LogP contribution < -0.4 is 4.74 Å². The van der Waals surface area contributed by atoms with E-state index >= 15 is 0 Å². The summed E-state index contributed by atoms with van der Waals surface area (Å²) in [6.07, 6.45) is 9.14. The maximum absolute atomic E-state index is 5.66. The van der Waals surface area contributed by atoms with Crippen molar-refractivity contribution < 1.29 is 4.74 Å². The molecule has 1 aromatic carbocycles. The zero-order chi connectivity index (χ0) is 11.6. The van der Waals surface area contributed by atoms with Gasteiger partial charge >= 0.3 is 0 Å². The summed E-state index contributed by atoms with van der Waals surface area (Å²) < 4.78 is 5.66. The van der Waals surface area contributed by atoms with Crippen LogP contribution in [0.4, 0.5) is 0 Å². The van der Waals surface area contributed by atoms with E-state index < -0.39 is 0 Å². The van der Waals surface area contributed by atoms with Crippen molar-refractivity contribution in [3.05, 3.63) is 35.9 Å². The molecule has 0 aliphatic carbocycles. The molecule has 0 spiro atoms. The normalized spacial score (nSPS) is 10.9. The quantitative estimate of drug-likeness (QED) is 0.604. The third kappa shape index (κ3) is 5.01. The van der Waals surface area contributed by atoms with Crippen LogP contribution in [0.5, 0.6) is 5.75 Å². The minimum absolute atomic E-state index is 0.836. The van der Waals surface area contributed by atoms with Crippen molar-refractivity contribution in [3.63, 3.8) is 0 Å². The Balaban J connectivity index is 2.26. The third-order valence-corrected chi connectivity index (χ3v) is 2.51. The average molecular weight is 218 g/mol. The van der Waals surface area contributed by atoms with E-state index in [1.165, 1.54) is 24.8 Å². The smallest absolute Gasteiger partial charge is 0.119 e. The number of allylic oxidation sites excluding steroid dienone is 1. The molecule has 16 heavy (non-hydrogen) atoms. The van der Waals surface area contributed by atoms with Crippen LogP contribution in [-0.2, 0) is 0 Å². The molecule has 1 heteroatoms. The first-order valence-corrected chi connectivity index (χ1v) is 6.22. The molecule has 1 rings (SSSR count). The Morgan fingerprint density at radius 1 is 1.06 bits per heavy atom. The van der Waals surface area contributed by atoms with Crippen molar-refractivity contribution in [1.82, 2.24) is 0 Å². The highest BCUT2D eigenvalue weighted by molar-refractivity contribution is 5.50. The fourth-order valence-electron chi connectivity index (χ4n) is 1.59. The Hall–Kier alpha value is -1.24. The molecule has 0 saturated carbocycles. The van der Waals surface area contributed by atoms with Crippen molar-refractivity contribution >= 4 is 6.08 Å². The van der Waals surface area contributed by atoms with E-state index in [1.807, 2.05) is 25.1 Å². The Labute approximate surface area is 99.1 Å². The van der Waals surface area contributed by atoms with Gasteiger partial charge in [-0.1, -0.05) is 50.5 Å². The molecule has 1 aromatic rings.